The van der Waals surface area contributed by atoms with Crippen molar-refractivity contribution in [2.45, 2.75) is 31.6 Å². The summed E-state index contributed by atoms with van der Waals surface area (Å²) in [6.07, 6.45) is 3.39. The van der Waals surface area contributed by atoms with Crippen LogP contribution in [0.15, 0.2) is 61.2 Å². The van der Waals surface area contributed by atoms with E-state index in [4.69, 9.17) is 0 Å². The zero-order valence-electron chi connectivity index (χ0n) is 17.1. The standard InChI is InChI=1S/C24H23FN4O2/c1-3-23(30)26-20-10-9-18(12-19(20)25)17-6-4-5-16(11-17)14(2)24(31)27-22-13-21(28-29-22)15-7-8-15/h3-6,9-15H,1,7-8H2,2H3,(H,26,30)(H2,27,28,29,31). The molecule has 0 aliphatic heterocycles. The Morgan fingerprint density at radius 2 is 1.94 bits per heavy atom. The number of hydrogen-bond donors (Lipinski definition) is 3. The Morgan fingerprint density at radius 3 is 2.65 bits per heavy atom. The van der Waals surface area contributed by atoms with Crippen molar-refractivity contribution in [2.75, 3.05) is 10.6 Å². The Balaban J connectivity index is 1.49. The highest BCUT2D eigenvalue weighted by molar-refractivity contribution is 5.99. The second-order valence-electron chi connectivity index (χ2n) is 7.71. The van der Waals surface area contributed by atoms with E-state index in [0.717, 1.165) is 35.7 Å². The molecule has 1 aliphatic carbocycles. The molecule has 31 heavy (non-hydrogen) atoms. The van der Waals surface area contributed by atoms with Crippen LogP contribution in [0.3, 0.4) is 0 Å². The first-order valence-electron chi connectivity index (χ1n) is 10.1. The molecule has 0 radical (unpaired) electrons. The summed E-state index contributed by atoms with van der Waals surface area (Å²) in [6.45, 7) is 5.17. The van der Waals surface area contributed by atoms with Gasteiger partial charge in [0.15, 0.2) is 5.82 Å². The average Bonchev–Trinajstić information content (AvgIpc) is 3.53. The molecule has 3 aromatic rings. The van der Waals surface area contributed by atoms with Crippen LogP contribution in [0.5, 0.6) is 0 Å². The highest BCUT2D eigenvalue weighted by Gasteiger charge is 2.26. The van der Waals surface area contributed by atoms with Gasteiger partial charge in [0.05, 0.1) is 11.6 Å². The molecule has 1 heterocycles. The van der Waals surface area contributed by atoms with E-state index in [1.165, 1.54) is 12.1 Å². The summed E-state index contributed by atoms with van der Waals surface area (Å²) < 4.78 is 14.4. The number of nitrogens with zero attached hydrogens (tertiary/aromatic N) is 1. The van der Waals surface area contributed by atoms with Crippen molar-refractivity contribution in [3.63, 3.8) is 0 Å². The quantitative estimate of drug-likeness (QED) is 0.474. The number of hydrogen-bond acceptors (Lipinski definition) is 3. The van der Waals surface area contributed by atoms with Gasteiger partial charge in [-0.2, -0.15) is 5.10 Å². The predicted molar refractivity (Wildman–Crippen MR) is 118 cm³/mol. The number of carbonyl (C=O) groups excluding carboxylic acids is 2. The van der Waals surface area contributed by atoms with E-state index in [1.54, 1.807) is 6.07 Å². The van der Waals surface area contributed by atoms with Crippen molar-refractivity contribution in [3.8, 4) is 11.1 Å². The number of halogens is 1. The monoisotopic (exact) mass is 418 g/mol. The molecule has 0 spiro atoms. The van der Waals surface area contributed by atoms with Crippen molar-refractivity contribution < 1.29 is 14.0 Å². The van der Waals surface area contributed by atoms with Gasteiger partial charge in [-0.1, -0.05) is 36.9 Å². The smallest absolute Gasteiger partial charge is 0.247 e. The molecule has 158 valence electrons. The van der Waals surface area contributed by atoms with Crippen LogP contribution < -0.4 is 10.6 Å². The van der Waals surface area contributed by atoms with Crippen LogP contribution in [0.2, 0.25) is 0 Å². The Hall–Kier alpha value is -3.74. The van der Waals surface area contributed by atoms with E-state index < -0.39 is 17.6 Å². The fourth-order valence-electron chi connectivity index (χ4n) is 3.36. The molecule has 1 saturated carbocycles. The third kappa shape index (κ3) is 4.71. The molecule has 1 fully saturated rings. The Morgan fingerprint density at radius 1 is 1.16 bits per heavy atom. The summed E-state index contributed by atoms with van der Waals surface area (Å²) in [7, 11) is 0. The van der Waals surface area contributed by atoms with Crippen LogP contribution in [0.1, 0.15) is 42.9 Å². The Kier molecular flexibility index (Phi) is 5.66. The van der Waals surface area contributed by atoms with Gasteiger partial charge in [-0.3, -0.25) is 14.7 Å². The molecule has 6 nitrogen and oxygen atoms in total. The molecule has 3 N–H and O–H groups in total. The SMILES string of the molecule is C=CC(=O)Nc1ccc(-c2cccc(C(C)C(=O)Nc3cc(C4CC4)[nH]n3)c2)cc1F. The lowest BCUT2D eigenvalue weighted by Crippen LogP contribution is -2.19. The fourth-order valence-corrected chi connectivity index (χ4v) is 3.36. The highest BCUT2D eigenvalue weighted by atomic mass is 19.1. The molecule has 1 aromatic heterocycles. The second kappa shape index (κ2) is 8.55. The first-order valence-corrected chi connectivity index (χ1v) is 10.1. The van der Waals surface area contributed by atoms with Gasteiger partial charge >= 0.3 is 0 Å². The maximum absolute atomic E-state index is 14.4. The van der Waals surface area contributed by atoms with Gasteiger partial charge in [-0.25, -0.2) is 4.39 Å². The molecule has 7 heteroatoms. The average molecular weight is 418 g/mol. The third-order valence-corrected chi connectivity index (χ3v) is 5.39. The van der Waals surface area contributed by atoms with E-state index in [-0.39, 0.29) is 11.6 Å². The number of benzene rings is 2. The number of carbonyl (C=O) groups is 2. The molecular formula is C24H23FN4O2. The minimum Gasteiger partial charge on any atom is -0.320 e. The van der Waals surface area contributed by atoms with Crippen LogP contribution in [0, 0.1) is 5.82 Å². The van der Waals surface area contributed by atoms with Crippen molar-refractivity contribution in [1.82, 2.24) is 10.2 Å². The third-order valence-electron chi connectivity index (χ3n) is 5.39. The number of aromatic amines is 1. The van der Waals surface area contributed by atoms with Crippen LogP contribution >= 0.6 is 0 Å². The van der Waals surface area contributed by atoms with Gasteiger partial charge in [0, 0.05) is 17.7 Å². The number of nitrogens with one attached hydrogen (secondary N) is 3. The van der Waals surface area contributed by atoms with Crippen molar-refractivity contribution in [3.05, 3.63) is 78.3 Å². The lowest BCUT2D eigenvalue weighted by molar-refractivity contribution is -0.117. The summed E-state index contributed by atoms with van der Waals surface area (Å²) in [4.78, 5) is 24.1. The lowest BCUT2D eigenvalue weighted by Gasteiger charge is -2.13. The van der Waals surface area contributed by atoms with Crippen molar-refractivity contribution in [2.24, 2.45) is 0 Å². The van der Waals surface area contributed by atoms with Gasteiger partial charge in [0.2, 0.25) is 11.8 Å². The summed E-state index contributed by atoms with van der Waals surface area (Å²) in [5.41, 5.74) is 3.36. The Labute approximate surface area is 179 Å². The van der Waals surface area contributed by atoms with Gasteiger partial charge in [-0.15, -0.1) is 0 Å². The largest absolute Gasteiger partial charge is 0.320 e. The first-order chi connectivity index (χ1) is 14.9. The van der Waals surface area contributed by atoms with E-state index in [1.807, 2.05) is 37.3 Å². The minimum atomic E-state index is -0.547. The summed E-state index contributed by atoms with van der Waals surface area (Å²) >= 11 is 0. The number of rotatable bonds is 7. The van der Waals surface area contributed by atoms with Gasteiger partial charge in [0.25, 0.3) is 0 Å². The number of aromatic nitrogens is 2. The van der Waals surface area contributed by atoms with Gasteiger partial charge in [0.1, 0.15) is 5.82 Å². The van der Waals surface area contributed by atoms with E-state index in [0.29, 0.717) is 17.3 Å². The predicted octanol–water partition coefficient (Wildman–Crippen LogP) is 4.96. The zero-order valence-corrected chi connectivity index (χ0v) is 17.1. The van der Waals surface area contributed by atoms with Crippen molar-refractivity contribution in [1.29, 1.82) is 0 Å². The Bertz CT molecular complexity index is 1150. The summed E-state index contributed by atoms with van der Waals surface area (Å²) in [6, 6.07) is 13.9. The maximum Gasteiger partial charge on any atom is 0.247 e. The normalized spacial score (nSPS) is 14.0. The molecule has 1 atom stereocenters. The van der Waals surface area contributed by atoms with E-state index in [9.17, 15) is 14.0 Å². The summed E-state index contributed by atoms with van der Waals surface area (Å²) in [5.74, 6) is -0.557. The molecule has 0 saturated heterocycles. The van der Waals surface area contributed by atoms with Gasteiger partial charge < -0.3 is 10.6 Å². The topological polar surface area (TPSA) is 86.9 Å². The zero-order chi connectivity index (χ0) is 22.0. The van der Waals surface area contributed by atoms with Crippen LogP contribution in [0.4, 0.5) is 15.9 Å². The molecule has 0 bridgehead atoms. The number of amides is 2. The summed E-state index contributed by atoms with van der Waals surface area (Å²) in [5, 5.41) is 12.4. The highest BCUT2D eigenvalue weighted by Crippen LogP contribution is 2.39. The molecule has 1 unspecified atom stereocenters. The number of anilines is 2. The molecule has 1 aliphatic rings. The fraction of sp³-hybridized carbons (Fsp3) is 0.208. The maximum atomic E-state index is 14.4. The molecule has 2 aromatic carbocycles. The second-order valence-corrected chi connectivity index (χ2v) is 7.71. The molecule has 2 amide bonds. The number of H-pyrrole nitrogens is 1. The van der Waals surface area contributed by atoms with E-state index >= 15 is 0 Å². The molecular weight excluding hydrogens is 395 g/mol. The van der Waals surface area contributed by atoms with Crippen LogP contribution in [0.25, 0.3) is 11.1 Å². The van der Waals surface area contributed by atoms with Gasteiger partial charge in [-0.05, 0) is 54.7 Å². The first kappa shape index (κ1) is 20.5. The molecule has 4 rings (SSSR count). The van der Waals surface area contributed by atoms with Crippen molar-refractivity contribution >= 4 is 23.3 Å². The minimum absolute atomic E-state index is 0.0853. The van der Waals surface area contributed by atoms with E-state index in [2.05, 4.69) is 27.4 Å². The lowest BCUT2D eigenvalue weighted by atomic mass is 9.95. The van der Waals surface area contributed by atoms with Crippen LogP contribution in [-0.2, 0) is 9.59 Å². The van der Waals surface area contributed by atoms with Crippen LogP contribution in [-0.4, -0.2) is 22.0 Å².